The number of hydrogen-bond donors (Lipinski definition) is 2. The van der Waals surface area contributed by atoms with Crippen LogP contribution in [0.1, 0.15) is 22.8 Å². The summed E-state index contributed by atoms with van der Waals surface area (Å²) in [5.41, 5.74) is 1.84. The van der Waals surface area contributed by atoms with Gasteiger partial charge in [0.2, 0.25) is 5.75 Å². The number of carbonyl (C=O) groups excluding carboxylic acids is 1. The number of rotatable bonds is 6. The van der Waals surface area contributed by atoms with Gasteiger partial charge in [-0.05, 0) is 36.1 Å². The van der Waals surface area contributed by atoms with E-state index in [1.54, 1.807) is 25.4 Å². The lowest BCUT2D eigenvalue weighted by molar-refractivity contribution is 0.103. The molecule has 6 nitrogen and oxygen atoms in total. The van der Waals surface area contributed by atoms with E-state index < -0.39 is 0 Å². The predicted molar refractivity (Wildman–Crippen MR) is 118 cm³/mol. The van der Waals surface area contributed by atoms with E-state index in [0.29, 0.717) is 28.4 Å². The molecule has 0 bridgehead atoms. The van der Waals surface area contributed by atoms with Crippen molar-refractivity contribution in [2.24, 2.45) is 0 Å². The molecule has 0 amide bonds. The molecule has 0 saturated heterocycles. The molecule has 2 aromatic carbocycles. The summed E-state index contributed by atoms with van der Waals surface area (Å²) in [5, 5.41) is 0.819. The predicted octanol–water partition coefficient (Wildman–Crippen LogP) is 4.88. The molecular weight excluding hydrogens is 390 g/mol. The van der Waals surface area contributed by atoms with Crippen molar-refractivity contribution in [1.29, 1.82) is 0 Å². The van der Waals surface area contributed by atoms with Crippen molar-refractivity contribution in [3.63, 3.8) is 0 Å². The zero-order valence-corrected chi connectivity index (χ0v) is 18.1. The molecule has 0 fully saturated rings. The summed E-state index contributed by atoms with van der Waals surface area (Å²) in [5.74, 6) is 1.90. The smallest absolute Gasteiger partial charge is 0.203 e. The normalized spacial score (nSPS) is 10.0. The summed E-state index contributed by atoms with van der Waals surface area (Å²) in [4.78, 5) is 17.0. The molecule has 0 aliphatic carbocycles. The SMILES string of the molecule is C=C(C)S.COc1ccc2c(C(=O)c3cc(OC)c(OC)c(OC)c3)c[nH]c2c1. The van der Waals surface area contributed by atoms with Crippen LogP contribution >= 0.6 is 12.6 Å². The fourth-order valence-electron chi connectivity index (χ4n) is 2.79. The van der Waals surface area contributed by atoms with E-state index in [4.69, 9.17) is 18.9 Å². The van der Waals surface area contributed by atoms with E-state index in [2.05, 4.69) is 24.2 Å². The monoisotopic (exact) mass is 415 g/mol. The number of H-pyrrole nitrogens is 1. The van der Waals surface area contributed by atoms with Crippen LogP contribution in [0.4, 0.5) is 0 Å². The molecule has 0 saturated carbocycles. The van der Waals surface area contributed by atoms with Crippen molar-refractivity contribution in [2.75, 3.05) is 28.4 Å². The third kappa shape index (κ3) is 5.06. The molecule has 1 aromatic heterocycles. The van der Waals surface area contributed by atoms with Crippen molar-refractivity contribution in [3.8, 4) is 23.0 Å². The first-order chi connectivity index (χ1) is 13.9. The van der Waals surface area contributed by atoms with Crippen LogP contribution in [0.5, 0.6) is 23.0 Å². The number of allylic oxidation sites excluding steroid dienone is 1. The summed E-state index contributed by atoms with van der Waals surface area (Å²) < 4.78 is 21.2. The van der Waals surface area contributed by atoms with Crippen molar-refractivity contribution in [3.05, 3.63) is 59.1 Å². The fourth-order valence-corrected chi connectivity index (χ4v) is 2.79. The molecule has 3 rings (SSSR count). The highest BCUT2D eigenvalue weighted by molar-refractivity contribution is 7.84. The molecule has 154 valence electrons. The Balaban J connectivity index is 0.000000687. The molecule has 0 unspecified atom stereocenters. The van der Waals surface area contributed by atoms with Gasteiger partial charge in [-0.2, -0.15) is 0 Å². The number of hydrogen-bond acceptors (Lipinski definition) is 6. The molecule has 7 heteroatoms. The Morgan fingerprint density at radius 3 is 2.03 bits per heavy atom. The van der Waals surface area contributed by atoms with E-state index >= 15 is 0 Å². The lowest BCUT2D eigenvalue weighted by Crippen LogP contribution is -2.03. The number of aromatic amines is 1. The summed E-state index contributed by atoms with van der Waals surface area (Å²) in [7, 11) is 6.16. The van der Waals surface area contributed by atoms with Crippen LogP contribution in [0.2, 0.25) is 0 Å². The number of thiol groups is 1. The van der Waals surface area contributed by atoms with E-state index in [-0.39, 0.29) is 5.78 Å². The Morgan fingerprint density at radius 1 is 0.966 bits per heavy atom. The van der Waals surface area contributed by atoms with E-state index in [1.165, 1.54) is 21.3 Å². The Bertz CT molecular complexity index is 996. The Kier molecular flexibility index (Phi) is 7.61. The van der Waals surface area contributed by atoms with Gasteiger partial charge in [-0.25, -0.2) is 0 Å². The van der Waals surface area contributed by atoms with Gasteiger partial charge >= 0.3 is 0 Å². The maximum absolute atomic E-state index is 13.0. The largest absolute Gasteiger partial charge is 0.497 e. The van der Waals surface area contributed by atoms with Crippen molar-refractivity contribution >= 4 is 29.3 Å². The zero-order valence-electron chi connectivity index (χ0n) is 17.2. The third-order valence-corrected chi connectivity index (χ3v) is 4.06. The highest BCUT2D eigenvalue weighted by atomic mass is 32.1. The molecule has 1 heterocycles. The molecule has 3 aromatic rings. The van der Waals surface area contributed by atoms with Crippen LogP contribution in [-0.2, 0) is 0 Å². The number of ketones is 1. The van der Waals surface area contributed by atoms with Crippen LogP contribution in [0.3, 0.4) is 0 Å². The van der Waals surface area contributed by atoms with E-state index in [0.717, 1.165) is 21.6 Å². The number of carbonyl (C=O) groups is 1. The minimum absolute atomic E-state index is 0.143. The van der Waals surface area contributed by atoms with Crippen molar-refractivity contribution < 1.29 is 23.7 Å². The van der Waals surface area contributed by atoms with Gasteiger partial charge in [0, 0.05) is 34.3 Å². The average Bonchev–Trinajstić information content (AvgIpc) is 3.14. The second-order valence-electron chi connectivity index (χ2n) is 6.09. The molecule has 0 aliphatic rings. The van der Waals surface area contributed by atoms with Crippen LogP contribution in [0.15, 0.2) is 48.0 Å². The number of nitrogens with one attached hydrogen (secondary N) is 1. The highest BCUT2D eigenvalue weighted by Gasteiger charge is 2.20. The summed E-state index contributed by atoms with van der Waals surface area (Å²) in [6.07, 6.45) is 1.69. The lowest BCUT2D eigenvalue weighted by atomic mass is 10.0. The quantitative estimate of drug-likeness (QED) is 0.443. The van der Waals surface area contributed by atoms with Crippen molar-refractivity contribution in [2.45, 2.75) is 6.92 Å². The molecule has 0 aliphatic heterocycles. The first-order valence-corrected chi connectivity index (χ1v) is 9.15. The average molecular weight is 416 g/mol. The van der Waals surface area contributed by atoms with Gasteiger partial charge in [0.15, 0.2) is 17.3 Å². The second-order valence-corrected chi connectivity index (χ2v) is 6.86. The molecule has 0 atom stereocenters. The van der Waals surface area contributed by atoms with E-state index in [1.807, 2.05) is 25.1 Å². The first kappa shape index (κ1) is 22.2. The maximum atomic E-state index is 13.0. The topological polar surface area (TPSA) is 69.8 Å². The minimum atomic E-state index is -0.143. The van der Waals surface area contributed by atoms with Crippen LogP contribution in [-0.4, -0.2) is 39.2 Å². The third-order valence-electron chi connectivity index (χ3n) is 4.06. The van der Waals surface area contributed by atoms with Gasteiger partial charge in [-0.1, -0.05) is 6.58 Å². The number of methoxy groups -OCH3 is 4. The first-order valence-electron chi connectivity index (χ1n) is 8.70. The van der Waals surface area contributed by atoms with Gasteiger partial charge in [0.05, 0.1) is 28.4 Å². The molecule has 1 N–H and O–H groups in total. The van der Waals surface area contributed by atoms with Gasteiger partial charge < -0.3 is 23.9 Å². The standard InChI is InChI=1S/C19H19NO5.C3H6S/c1-22-12-5-6-13-14(10-20-15(13)9-12)18(21)11-7-16(23-2)19(25-4)17(8-11)24-3;1-3(2)4/h5-10,20H,1-4H3;4H,1H2,2H3. The lowest BCUT2D eigenvalue weighted by Gasteiger charge is -2.13. The van der Waals surface area contributed by atoms with Gasteiger partial charge in [-0.15, -0.1) is 12.6 Å². The van der Waals surface area contributed by atoms with Gasteiger partial charge in [0.1, 0.15) is 5.75 Å². The minimum Gasteiger partial charge on any atom is -0.497 e. The molecular formula is C22H25NO5S. The summed E-state index contributed by atoms with van der Waals surface area (Å²) in [6.45, 7) is 5.26. The number of fused-ring (bicyclic) bond motifs is 1. The Morgan fingerprint density at radius 2 is 1.55 bits per heavy atom. The number of benzene rings is 2. The zero-order chi connectivity index (χ0) is 21.6. The van der Waals surface area contributed by atoms with Crippen molar-refractivity contribution in [1.82, 2.24) is 4.98 Å². The fraction of sp³-hybridized carbons (Fsp3) is 0.227. The summed E-state index contributed by atoms with van der Waals surface area (Å²) >= 11 is 3.77. The number of ether oxygens (including phenoxy) is 4. The van der Waals surface area contributed by atoms with Crippen LogP contribution < -0.4 is 18.9 Å². The molecule has 29 heavy (non-hydrogen) atoms. The summed E-state index contributed by atoms with van der Waals surface area (Å²) in [6, 6.07) is 8.82. The van der Waals surface area contributed by atoms with Gasteiger partial charge in [0.25, 0.3) is 0 Å². The van der Waals surface area contributed by atoms with Crippen LogP contribution in [0, 0.1) is 0 Å². The van der Waals surface area contributed by atoms with E-state index in [9.17, 15) is 4.79 Å². The molecule has 0 spiro atoms. The Hall–Kier alpha value is -3.06. The highest BCUT2D eigenvalue weighted by Crippen LogP contribution is 2.39. The maximum Gasteiger partial charge on any atom is 0.203 e. The Labute approximate surface area is 175 Å². The second kappa shape index (κ2) is 9.93. The van der Waals surface area contributed by atoms with Crippen LogP contribution in [0.25, 0.3) is 10.9 Å². The van der Waals surface area contributed by atoms with Gasteiger partial charge in [-0.3, -0.25) is 4.79 Å². The molecule has 0 radical (unpaired) electrons. The number of aromatic nitrogens is 1.